The van der Waals surface area contributed by atoms with Gasteiger partial charge in [0.2, 0.25) is 0 Å². The third kappa shape index (κ3) is 1.51. The summed E-state index contributed by atoms with van der Waals surface area (Å²) in [4.78, 5) is 0. The summed E-state index contributed by atoms with van der Waals surface area (Å²) in [5.74, 6) is 1.80. The summed E-state index contributed by atoms with van der Waals surface area (Å²) in [6.07, 6.45) is 2.83. The van der Waals surface area contributed by atoms with E-state index in [9.17, 15) is 0 Å². The van der Waals surface area contributed by atoms with Gasteiger partial charge in [-0.15, -0.1) is 0 Å². The first-order valence-electron chi connectivity index (χ1n) is 4.49. The quantitative estimate of drug-likeness (QED) is 0.620. The summed E-state index contributed by atoms with van der Waals surface area (Å²) in [5.41, 5.74) is 0. The molecular formula is C9H19N. The van der Waals surface area contributed by atoms with Crippen LogP contribution in [0, 0.1) is 11.8 Å². The van der Waals surface area contributed by atoms with Crippen molar-refractivity contribution in [3.8, 4) is 0 Å². The Hall–Kier alpha value is -0.0400. The highest BCUT2D eigenvalue weighted by Crippen LogP contribution is 2.30. The lowest BCUT2D eigenvalue weighted by atomic mass is 10.0. The molecule has 0 heterocycles. The van der Waals surface area contributed by atoms with Crippen LogP contribution in [-0.2, 0) is 0 Å². The van der Waals surface area contributed by atoms with E-state index < -0.39 is 0 Å². The zero-order chi connectivity index (χ0) is 7.56. The molecule has 1 N–H and O–H groups in total. The first-order chi connectivity index (χ1) is 4.75. The van der Waals surface area contributed by atoms with Gasteiger partial charge in [-0.1, -0.05) is 20.8 Å². The summed E-state index contributed by atoms with van der Waals surface area (Å²) in [5, 5.41) is 3.54. The Bertz CT molecular complexity index is 90.9. The van der Waals surface area contributed by atoms with Gasteiger partial charge in [0.05, 0.1) is 0 Å². The van der Waals surface area contributed by atoms with E-state index in [4.69, 9.17) is 0 Å². The summed E-state index contributed by atoms with van der Waals surface area (Å²) in [7, 11) is 0. The fourth-order valence-corrected chi connectivity index (χ4v) is 2.08. The van der Waals surface area contributed by atoms with Gasteiger partial charge in [0.1, 0.15) is 0 Å². The molecule has 1 aliphatic rings. The first kappa shape index (κ1) is 8.06. The van der Waals surface area contributed by atoms with Crippen molar-refractivity contribution in [3.05, 3.63) is 0 Å². The van der Waals surface area contributed by atoms with Crippen LogP contribution in [0.2, 0.25) is 0 Å². The lowest BCUT2D eigenvalue weighted by Crippen LogP contribution is -2.35. The van der Waals surface area contributed by atoms with E-state index in [0.717, 1.165) is 24.4 Å². The van der Waals surface area contributed by atoms with Crippen LogP contribution in [-0.4, -0.2) is 12.6 Å². The third-order valence-electron chi connectivity index (χ3n) is 2.74. The molecule has 1 saturated carbocycles. The highest BCUT2D eigenvalue weighted by Gasteiger charge is 2.28. The van der Waals surface area contributed by atoms with Gasteiger partial charge in [-0.2, -0.15) is 0 Å². The molecule has 0 aromatic heterocycles. The minimum Gasteiger partial charge on any atom is -0.314 e. The smallest absolute Gasteiger partial charge is 0.0118 e. The number of nitrogens with one attached hydrogen (secondary N) is 1. The molecule has 1 aliphatic carbocycles. The normalized spacial score (nSPS) is 40.5. The van der Waals surface area contributed by atoms with Gasteiger partial charge in [-0.3, -0.25) is 0 Å². The Morgan fingerprint density at radius 2 is 1.70 bits per heavy atom. The maximum absolute atomic E-state index is 3.54. The van der Waals surface area contributed by atoms with Crippen molar-refractivity contribution in [1.29, 1.82) is 0 Å². The average Bonchev–Trinajstić information content (AvgIpc) is 2.20. The molecule has 0 radical (unpaired) electrons. The van der Waals surface area contributed by atoms with Crippen molar-refractivity contribution in [2.45, 2.75) is 39.7 Å². The van der Waals surface area contributed by atoms with E-state index in [1.165, 1.54) is 12.8 Å². The monoisotopic (exact) mass is 141 g/mol. The third-order valence-corrected chi connectivity index (χ3v) is 2.74. The second-order valence-electron chi connectivity index (χ2n) is 3.62. The summed E-state index contributed by atoms with van der Waals surface area (Å²) >= 11 is 0. The average molecular weight is 141 g/mol. The lowest BCUT2D eigenvalue weighted by molar-refractivity contribution is 0.374. The maximum Gasteiger partial charge on any atom is 0.0118 e. The molecule has 1 rings (SSSR count). The van der Waals surface area contributed by atoms with E-state index in [-0.39, 0.29) is 0 Å². The van der Waals surface area contributed by atoms with Crippen LogP contribution in [0.1, 0.15) is 33.6 Å². The molecule has 0 amide bonds. The SMILES string of the molecule is CCNC1C(C)CCC1C. The predicted molar refractivity (Wildman–Crippen MR) is 45.0 cm³/mol. The summed E-state index contributed by atoms with van der Waals surface area (Å²) in [6, 6.07) is 0.796. The molecule has 1 heteroatoms. The molecule has 0 bridgehead atoms. The second kappa shape index (κ2) is 3.38. The van der Waals surface area contributed by atoms with Gasteiger partial charge < -0.3 is 5.32 Å². The van der Waals surface area contributed by atoms with Crippen LogP contribution in [0.3, 0.4) is 0 Å². The van der Waals surface area contributed by atoms with Gasteiger partial charge in [0.15, 0.2) is 0 Å². The lowest BCUT2D eigenvalue weighted by Gasteiger charge is -2.20. The van der Waals surface area contributed by atoms with Crippen LogP contribution < -0.4 is 5.32 Å². The van der Waals surface area contributed by atoms with E-state index in [2.05, 4.69) is 26.1 Å². The Kier molecular flexibility index (Phi) is 2.72. The molecule has 2 atom stereocenters. The Balaban J connectivity index is 2.38. The van der Waals surface area contributed by atoms with Crippen molar-refractivity contribution < 1.29 is 0 Å². The van der Waals surface area contributed by atoms with E-state index in [0.29, 0.717) is 0 Å². The minimum atomic E-state index is 0.796. The fourth-order valence-electron chi connectivity index (χ4n) is 2.08. The molecule has 0 saturated heterocycles. The molecule has 2 unspecified atom stereocenters. The zero-order valence-electron chi connectivity index (χ0n) is 7.35. The van der Waals surface area contributed by atoms with E-state index in [1.54, 1.807) is 0 Å². The molecule has 60 valence electrons. The molecule has 0 aromatic rings. The predicted octanol–water partition coefficient (Wildman–Crippen LogP) is 2.03. The molecule has 1 fully saturated rings. The van der Waals surface area contributed by atoms with Gasteiger partial charge in [0.25, 0.3) is 0 Å². The standard InChI is InChI=1S/C9H19N/c1-4-10-9-7(2)5-6-8(9)3/h7-10H,4-6H2,1-3H3. The highest BCUT2D eigenvalue weighted by atomic mass is 14.9. The molecule has 0 aliphatic heterocycles. The fraction of sp³-hybridized carbons (Fsp3) is 1.00. The largest absolute Gasteiger partial charge is 0.314 e. The molecular weight excluding hydrogens is 122 g/mol. The summed E-state index contributed by atoms with van der Waals surface area (Å²) in [6.45, 7) is 8.03. The first-order valence-corrected chi connectivity index (χ1v) is 4.49. The zero-order valence-corrected chi connectivity index (χ0v) is 7.35. The van der Waals surface area contributed by atoms with Crippen LogP contribution >= 0.6 is 0 Å². The second-order valence-corrected chi connectivity index (χ2v) is 3.62. The van der Waals surface area contributed by atoms with Gasteiger partial charge in [-0.05, 0) is 31.2 Å². The van der Waals surface area contributed by atoms with E-state index >= 15 is 0 Å². The number of hydrogen-bond acceptors (Lipinski definition) is 1. The van der Waals surface area contributed by atoms with Crippen molar-refractivity contribution in [3.63, 3.8) is 0 Å². The van der Waals surface area contributed by atoms with Gasteiger partial charge >= 0.3 is 0 Å². The van der Waals surface area contributed by atoms with Gasteiger partial charge in [-0.25, -0.2) is 0 Å². The highest BCUT2D eigenvalue weighted by molar-refractivity contribution is 4.84. The molecule has 10 heavy (non-hydrogen) atoms. The summed E-state index contributed by atoms with van der Waals surface area (Å²) < 4.78 is 0. The number of rotatable bonds is 2. The molecule has 0 spiro atoms. The maximum atomic E-state index is 3.54. The van der Waals surface area contributed by atoms with Crippen molar-refractivity contribution in [2.75, 3.05) is 6.54 Å². The number of hydrogen-bond donors (Lipinski definition) is 1. The van der Waals surface area contributed by atoms with Gasteiger partial charge in [0, 0.05) is 6.04 Å². The van der Waals surface area contributed by atoms with Crippen LogP contribution in [0.25, 0.3) is 0 Å². The molecule has 0 aromatic carbocycles. The van der Waals surface area contributed by atoms with Crippen LogP contribution in [0.4, 0.5) is 0 Å². The Morgan fingerprint density at radius 3 is 2.10 bits per heavy atom. The topological polar surface area (TPSA) is 12.0 Å². The van der Waals surface area contributed by atoms with Crippen molar-refractivity contribution in [1.82, 2.24) is 5.32 Å². The van der Waals surface area contributed by atoms with Crippen LogP contribution in [0.5, 0.6) is 0 Å². The van der Waals surface area contributed by atoms with Crippen LogP contribution in [0.15, 0.2) is 0 Å². The molecule has 1 nitrogen and oxygen atoms in total. The minimum absolute atomic E-state index is 0.796. The van der Waals surface area contributed by atoms with Crippen molar-refractivity contribution in [2.24, 2.45) is 11.8 Å². The Labute approximate surface area is 64.2 Å². The van der Waals surface area contributed by atoms with Crippen molar-refractivity contribution >= 4 is 0 Å². The van der Waals surface area contributed by atoms with E-state index in [1.807, 2.05) is 0 Å². The Morgan fingerprint density at radius 1 is 1.20 bits per heavy atom.